The van der Waals surface area contributed by atoms with Crippen molar-refractivity contribution in [2.75, 3.05) is 13.2 Å². The van der Waals surface area contributed by atoms with Gasteiger partial charge < -0.3 is 9.84 Å². The fourth-order valence-corrected chi connectivity index (χ4v) is 1.91. The first-order chi connectivity index (χ1) is 7.00. The highest BCUT2D eigenvalue weighted by Gasteiger charge is 2.27. The van der Waals surface area contributed by atoms with Gasteiger partial charge in [-0.05, 0) is 11.0 Å². The third-order valence-electron chi connectivity index (χ3n) is 2.95. The van der Waals surface area contributed by atoms with Crippen molar-refractivity contribution in [1.82, 2.24) is 0 Å². The van der Waals surface area contributed by atoms with Crippen LogP contribution in [0, 0.1) is 0 Å². The molecular weight excluding hydrogens is 188 g/mol. The molecule has 1 saturated heterocycles. The second-order valence-electron chi connectivity index (χ2n) is 5.23. The molecule has 1 aliphatic heterocycles. The Morgan fingerprint density at radius 2 is 1.93 bits per heavy atom. The summed E-state index contributed by atoms with van der Waals surface area (Å²) in [5.41, 5.74) is 2.05. The van der Waals surface area contributed by atoms with Crippen molar-refractivity contribution < 1.29 is 9.84 Å². The summed E-state index contributed by atoms with van der Waals surface area (Å²) in [6.45, 7) is 7.82. The van der Waals surface area contributed by atoms with E-state index in [9.17, 15) is 5.11 Å². The van der Waals surface area contributed by atoms with E-state index < -0.39 is 0 Å². The van der Waals surface area contributed by atoms with Crippen molar-refractivity contribution in [2.24, 2.45) is 0 Å². The molecule has 0 saturated carbocycles. The van der Waals surface area contributed by atoms with E-state index in [1.165, 1.54) is 0 Å². The number of aromatic hydroxyl groups is 1. The van der Waals surface area contributed by atoms with Gasteiger partial charge in [-0.2, -0.15) is 0 Å². The van der Waals surface area contributed by atoms with Gasteiger partial charge in [0.15, 0.2) is 0 Å². The van der Waals surface area contributed by atoms with Gasteiger partial charge in [-0.3, -0.25) is 0 Å². The largest absolute Gasteiger partial charge is 0.507 e. The summed E-state index contributed by atoms with van der Waals surface area (Å²) >= 11 is 0. The van der Waals surface area contributed by atoms with E-state index in [1.807, 2.05) is 18.2 Å². The Bertz CT molecular complexity index is 359. The second kappa shape index (κ2) is 3.53. The summed E-state index contributed by atoms with van der Waals surface area (Å²) in [6.07, 6.45) is 0. The predicted molar refractivity (Wildman–Crippen MR) is 60.4 cm³/mol. The van der Waals surface area contributed by atoms with Gasteiger partial charge in [0.05, 0.1) is 13.2 Å². The van der Waals surface area contributed by atoms with Gasteiger partial charge in [0.1, 0.15) is 5.75 Å². The van der Waals surface area contributed by atoms with Crippen LogP contribution < -0.4 is 0 Å². The third kappa shape index (κ3) is 1.86. The van der Waals surface area contributed by atoms with Crippen LogP contribution in [-0.2, 0) is 10.2 Å². The van der Waals surface area contributed by atoms with Crippen LogP contribution in [-0.4, -0.2) is 18.3 Å². The van der Waals surface area contributed by atoms with E-state index >= 15 is 0 Å². The standard InChI is InChI=1S/C13H18O2/c1-13(2,3)11-6-4-5-10(12(11)14)9-7-15-8-9/h4-6,9,14H,7-8H2,1-3H3. The second-order valence-corrected chi connectivity index (χ2v) is 5.23. The van der Waals surface area contributed by atoms with Gasteiger partial charge in [0, 0.05) is 11.5 Å². The Hall–Kier alpha value is -1.02. The number of phenolic OH excluding ortho intramolecular Hbond substituents is 1. The van der Waals surface area contributed by atoms with Crippen LogP contribution >= 0.6 is 0 Å². The van der Waals surface area contributed by atoms with Crippen molar-refractivity contribution in [3.63, 3.8) is 0 Å². The number of hydrogen-bond donors (Lipinski definition) is 1. The van der Waals surface area contributed by atoms with E-state index in [0.29, 0.717) is 11.7 Å². The number of para-hydroxylation sites is 1. The number of hydrogen-bond acceptors (Lipinski definition) is 2. The molecule has 1 N–H and O–H groups in total. The lowest BCUT2D eigenvalue weighted by Gasteiger charge is -2.29. The summed E-state index contributed by atoms with van der Waals surface area (Å²) < 4.78 is 5.16. The van der Waals surface area contributed by atoms with Crippen LogP contribution in [0.2, 0.25) is 0 Å². The topological polar surface area (TPSA) is 29.5 Å². The lowest BCUT2D eigenvalue weighted by Crippen LogP contribution is -2.25. The molecule has 2 nitrogen and oxygen atoms in total. The van der Waals surface area contributed by atoms with Crippen molar-refractivity contribution >= 4 is 0 Å². The highest BCUT2D eigenvalue weighted by atomic mass is 16.5. The molecule has 1 aromatic carbocycles. The molecule has 0 aliphatic carbocycles. The number of benzene rings is 1. The van der Waals surface area contributed by atoms with Crippen molar-refractivity contribution in [1.29, 1.82) is 0 Å². The van der Waals surface area contributed by atoms with Crippen LogP contribution in [0.4, 0.5) is 0 Å². The van der Waals surface area contributed by atoms with Gasteiger partial charge >= 0.3 is 0 Å². The lowest BCUT2D eigenvalue weighted by molar-refractivity contribution is 0.00745. The zero-order valence-corrected chi connectivity index (χ0v) is 9.58. The first-order valence-corrected chi connectivity index (χ1v) is 5.40. The Labute approximate surface area is 90.9 Å². The number of phenols is 1. The molecular formula is C13H18O2. The van der Waals surface area contributed by atoms with Crippen LogP contribution in [0.5, 0.6) is 5.75 Å². The zero-order valence-electron chi connectivity index (χ0n) is 9.58. The SMILES string of the molecule is CC(C)(C)c1cccc(C2COC2)c1O. The summed E-state index contributed by atoms with van der Waals surface area (Å²) in [7, 11) is 0. The Balaban J connectivity index is 2.41. The molecule has 0 atom stereocenters. The molecule has 2 heteroatoms. The van der Waals surface area contributed by atoms with E-state index in [4.69, 9.17) is 4.74 Å². The zero-order chi connectivity index (χ0) is 11.1. The molecule has 0 amide bonds. The van der Waals surface area contributed by atoms with Crippen LogP contribution in [0.3, 0.4) is 0 Å². The Morgan fingerprint density at radius 1 is 1.27 bits per heavy atom. The molecule has 0 aromatic heterocycles. The predicted octanol–water partition coefficient (Wildman–Crippen LogP) is 2.80. The maximum Gasteiger partial charge on any atom is 0.122 e. The van der Waals surface area contributed by atoms with Crippen molar-refractivity contribution in [3.8, 4) is 5.75 Å². The first-order valence-electron chi connectivity index (χ1n) is 5.40. The van der Waals surface area contributed by atoms with Crippen molar-refractivity contribution in [2.45, 2.75) is 32.1 Å². The molecule has 0 radical (unpaired) electrons. The monoisotopic (exact) mass is 206 g/mol. The minimum absolute atomic E-state index is 0.00923. The lowest BCUT2D eigenvalue weighted by atomic mass is 9.83. The van der Waals surface area contributed by atoms with Gasteiger partial charge in [0.25, 0.3) is 0 Å². The van der Waals surface area contributed by atoms with Crippen LogP contribution in [0.15, 0.2) is 18.2 Å². The third-order valence-corrected chi connectivity index (χ3v) is 2.95. The highest BCUT2D eigenvalue weighted by molar-refractivity contribution is 5.46. The van der Waals surface area contributed by atoms with Gasteiger partial charge in [0.2, 0.25) is 0 Å². The summed E-state index contributed by atoms with van der Waals surface area (Å²) in [5.74, 6) is 0.839. The molecule has 1 aliphatic rings. The smallest absolute Gasteiger partial charge is 0.122 e. The minimum atomic E-state index is -0.00923. The van der Waals surface area contributed by atoms with E-state index in [1.54, 1.807) is 0 Å². The van der Waals surface area contributed by atoms with Gasteiger partial charge in [-0.25, -0.2) is 0 Å². The maximum absolute atomic E-state index is 10.2. The molecule has 0 bridgehead atoms. The highest BCUT2D eigenvalue weighted by Crippen LogP contribution is 2.38. The minimum Gasteiger partial charge on any atom is -0.507 e. The molecule has 1 heterocycles. The molecule has 0 spiro atoms. The fraction of sp³-hybridized carbons (Fsp3) is 0.538. The van der Waals surface area contributed by atoms with Gasteiger partial charge in [-0.1, -0.05) is 39.0 Å². The molecule has 1 fully saturated rings. The summed E-state index contributed by atoms with van der Waals surface area (Å²) in [6, 6.07) is 6.02. The molecule has 2 rings (SSSR count). The number of rotatable bonds is 1. The van der Waals surface area contributed by atoms with E-state index in [0.717, 1.165) is 24.3 Å². The van der Waals surface area contributed by atoms with E-state index in [2.05, 4.69) is 20.8 Å². The first kappa shape index (κ1) is 10.5. The molecule has 0 unspecified atom stereocenters. The fourth-order valence-electron chi connectivity index (χ4n) is 1.91. The van der Waals surface area contributed by atoms with Gasteiger partial charge in [-0.15, -0.1) is 0 Å². The molecule has 15 heavy (non-hydrogen) atoms. The summed E-state index contributed by atoms with van der Waals surface area (Å²) in [4.78, 5) is 0. The summed E-state index contributed by atoms with van der Waals surface area (Å²) in [5, 5.41) is 10.2. The normalized spacial score (nSPS) is 17.5. The van der Waals surface area contributed by atoms with Crippen LogP contribution in [0.25, 0.3) is 0 Å². The van der Waals surface area contributed by atoms with E-state index in [-0.39, 0.29) is 5.41 Å². The average Bonchev–Trinajstić information content (AvgIpc) is 2.03. The Morgan fingerprint density at radius 3 is 2.40 bits per heavy atom. The maximum atomic E-state index is 10.2. The van der Waals surface area contributed by atoms with Crippen molar-refractivity contribution in [3.05, 3.63) is 29.3 Å². The molecule has 1 aromatic rings. The average molecular weight is 206 g/mol. The molecule has 82 valence electrons. The quantitative estimate of drug-likeness (QED) is 0.765. The van der Waals surface area contributed by atoms with Crippen LogP contribution in [0.1, 0.15) is 37.8 Å². The Kier molecular flexibility index (Phi) is 2.47. The number of ether oxygens (including phenoxy) is 1.